The van der Waals surface area contributed by atoms with Crippen molar-refractivity contribution in [3.05, 3.63) is 10.1 Å². The second kappa shape index (κ2) is 26.9. The molecule has 3 N–H and O–H groups in total. The zero-order valence-corrected chi connectivity index (χ0v) is 41.0. The molecule has 64 heavy (non-hydrogen) atoms. The minimum Gasteiger partial charge on any atom is -0.479 e. The summed E-state index contributed by atoms with van der Waals surface area (Å²) in [4.78, 5) is 51.6. The number of nitro groups is 1. The number of likely N-dealkylation sites (tertiary alicyclic amines) is 2. The van der Waals surface area contributed by atoms with Gasteiger partial charge in [-0.25, -0.2) is 9.59 Å². The van der Waals surface area contributed by atoms with Gasteiger partial charge in [-0.05, 0) is 123 Å². The number of fused-ring (bicyclic) bond motifs is 6. The van der Waals surface area contributed by atoms with Crippen LogP contribution in [0.1, 0.15) is 119 Å². The molecule has 8 rings (SSSR count). The molecule has 6 bridgehead atoms. The van der Waals surface area contributed by atoms with Gasteiger partial charge in [0.2, 0.25) is 5.90 Å². The van der Waals surface area contributed by atoms with Crippen LogP contribution in [0.2, 0.25) is 0 Å². The van der Waals surface area contributed by atoms with Crippen LogP contribution in [0.4, 0.5) is 9.59 Å². The summed E-state index contributed by atoms with van der Waals surface area (Å²) >= 11 is 3.15. The van der Waals surface area contributed by atoms with E-state index in [1.165, 1.54) is 38.9 Å². The smallest absolute Gasteiger partial charge is 0.410 e. The van der Waals surface area contributed by atoms with Crippen LogP contribution in [-0.4, -0.2) is 185 Å². The molecule has 5 saturated heterocycles. The largest absolute Gasteiger partial charge is 0.479 e. The fourth-order valence-electron chi connectivity index (χ4n) is 9.33. The van der Waals surface area contributed by atoms with Crippen LogP contribution in [0, 0.1) is 22.0 Å². The first kappa shape index (κ1) is 53.6. The van der Waals surface area contributed by atoms with E-state index in [1.807, 2.05) is 51.3 Å². The molecule has 1 saturated carbocycles. The van der Waals surface area contributed by atoms with Gasteiger partial charge in [0.1, 0.15) is 24.2 Å². The third kappa shape index (κ3) is 18.7. The molecule has 0 aromatic rings. The molecule has 6 fully saturated rings. The fourth-order valence-corrected chi connectivity index (χ4v) is 9.58. The van der Waals surface area contributed by atoms with Crippen molar-refractivity contribution >= 4 is 39.8 Å². The summed E-state index contributed by atoms with van der Waals surface area (Å²) < 4.78 is 16.5. The van der Waals surface area contributed by atoms with E-state index in [1.54, 1.807) is 0 Å². The highest BCUT2D eigenvalue weighted by Crippen LogP contribution is 2.36. The summed E-state index contributed by atoms with van der Waals surface area (Å²) in [5.74, 6) is 2.68. The number of carbonyl (C=O) groups is 2. The Balaban J connectivity index is 0.000000186. The molecule has 20 heteroatoms. The number of hydrogen-bond acceptors (Lipinski definition) is 16. The van der Waals surface area contributed by atoms with Crippen LogP contribution in [0.15, 0.2) is 10.3 Å². The van der Waals surface area contributed by atoms with Gasteiger partial charge in [-0.3, -0.25) is 19.5 Å². The molecule has 2 amide bonds. The highest BCUT2D eigenvalue weighted by Gasteiger charge is 2.44. The number of ether oxygens (including phenoxy) is 3. The Hall–Kier alpha value is -3.04. The molecule has 6 unspecified atom stereocenters. The molecule has 1 aliphatic carbocycles. The van der Waals surface area contributed by atoms with Gasteiger partial charge in [0.05, 0.1) is 13.0 Å². The number of amides is 2. The summed E-state index contributed by atoms with van der Waals surface area (Å²) in [6.07, 6.45) is 12.4. The number of carbonyl (C=O) groups excluding carboxylic acids is 2. The highest BCUT2D eigenvalue weighted by molar-refractivity contribution is 9.09. The van der Waals surface area contributed by atoms with Crippen molar-refractivity contribution in [2.45, 2.75) is 154 Å². The average molecular weight is 976 g/mol. The Bertz CT molecular complexity index is 1450. The first-order valence-electron chi connectivity index (χ1n) is 23.6. The van der Waals surface area contributed by atoms with Gasteiger partial charge in [-0.15, -0.1) is 0 Å². The van der Waals surface area contributed by atoms with Gasteiger partial charge in [0.25, 0.3) is 0 Å². The number of alkyl halides is 1. The van der Waals surface area contributed by atoms with Crippen molar-refractivity contribution in [1.29, 1.82) is 0 Å². The van der Waals surface area contributed by atoms with E-state index in [2.05, 4.69) is 46.2 Å². The number of aliphatic hydroxyl groups is 2. The summed E-state index contributed by atoms with van der Waals surface area (Å²) in [6.45, 7) is 22.2. The van der Waals surface area contributed by atoms with Crippen LogP contribution in [0.5, 0.6) is 0 Å². The molecular formula is C44H79BrN8O11. The van der Waals surface area contributed by atoms with Gasteiger partial charge >= 0.3 is 18.0 Å². The van der Waals surface area contributed by atoms with Crippen LogP contribution in [-0.2, 0) is 23.9 Å². The first-order valence-corrected chi connectivity index (χ1v) is 24.7. The van der Waals surface area contributed by atoms with Crippen LogP contribution < -0.4 is 5.32 Å². The predicted molar refractivity (Wildman–Crippen MR) is 247 cm³/mol. The van der Waals surface area contributed by atoms with Gasteiger partial charge in [-0.2, -0.15) is 0 Å². The van der Waals surface area contributed by atoms with E-state index in [0.29, 0.717) is 38.3 Å². The Morgan fingerprint density at radius 3 is 1.69 bits per heavy atom. The van der Waals surface area contributed by atoms with Crippen molar-refractivity contribution in [2.24, 2.45) is 22.1 Å². The van der Waals surface area contributed by atoms with Crippen molar-refractivity contribution in [3.63, 3.8) is 0 Å². The number of piperidine rings is 1. The van der Waals surface area contributed by atoms with E-state index in [9.17, 15) is 19.7 Å². The van der Waals surface area contributed by atoms with Crippen LogP contribution in [0.25, 0.3) is 0 Å². The molecule has 6 atom stereocenters. The maximum Gasteiger partial charge on any atom is 0.410 e. The summed E-state index contributed by atoms with van der Waals surface area (Å²) in [5, 5.41) is 38.0. The molecule has 7 heterocycles. The lowest BCUT2D eigenvalue weighted by atomic mass is 9.99. The third-order valence-corrected chi connectivity index (χ3v) is 12.6. The predicted octanol–water partition coefficient (Wildman–Crippen LogP) is 5.43. The zero-order valence-electron chi connectivity index (χ0n) is 39.4. The first-order chi connectivity index (χ1) is 30.5. The van der Waals surface area contributed by atoms with Gasteiger partial charge in [0, 0.05) is 95.1 Å². The van der Waals surface area contributed by atoms with Crippen LogP contribution in [0.3, 0.4) is 0 Å². The number of amidine groups is 1. The highest BCUT2D eigenvalue weighted by atomic mass is 79.9. The monoisotopic (exact) mass is 975 g/mol. The molecule has 0 radical (unpaired) electrons. The Morgan fingerprint density at radius 1 is 0.750 bits per heavy atom. The van der Waals surface area contributed by atoms with E-state index < -0.39 is 10.5 Å². The lowest BCUT2D eigenvalue weighted by Crippen LogP contribution is -2.56. The normalized spacial score (nSPS) is 26.8. The van der Waals surface area contributed by atoms with Crippen LogP contribution >= 0.6 is 15.9 Å². The van der Waals surface area contributed by atoms with Crippen molar-refractivity contribution in [2.75, 3.05) is 90.7 Å². The second-order valence-corrected chi connectivity index (χ2v) is 20.5. The molecule has 8 aliphatic rings. The average Bonchev–Trinajstić information content (AvgIpc) is 4.09. The number of piperazine rings is 2. The SMILES string of the molecule is C(COC1=NOCC1)CN1CC2CCC(C2)C1.CC(C)(C)OC(=O)N1C2CCC1CN(CCCO)C2.CC(C)(C)OC(=O)N1C2CCC1CNC2.O=[N+]([O-])C1=NOCC1.OCCCBr. The molecule has 19 nitrogen and oxygen atoms in total. The number of nitrogens with one attached hydrogen (secondary N) is 1. The number of hydrogen-bond donors (Lipinski definition) is 3. The Labute approximate surface area is 389 Å². The van der Waals surface area contributed by atoms with E-state index in [4.69, 9.17) is 29.3 Å². The minimum absolute atomic E-state index is 0.0787. The molecule has 0 aromatic carbocycles. The zero-order chi connectivity index (χ0) is 46.7. The number of oxime groups is 2. The number of rotatable bonds is 9. The topological polar surface area (TPSA) is 214 Å². The summed E-state index contributed by atoms with van der Waals surface area (Å²) in [5.41, 5.74) is -0.814. The fraction of sp³-hybridized carbons (Fsp3) is 0.909. The quantitative estimate of drug-likeness (QED) is 0.114. The van der Waals surface area contributed by atoms with Crippen molar-refractivity contribution in [3.8, 4) is 0 Å². The second-order valence-electron chi connectivity index (χ2n) is 19.7. The van der Waals surface area contributed by atoms with Crippen molar-refractivity contribution < 1.29 is 48.6 Å². The lowest BCUT2D eigenvalue weighted by molar-refractivity contribution is -0.352. The van der Waals surface area contributed by atoms with E-state index >= 15 is 0 Å². The molecule has 7 aliphatic heterocycles. The number of halogens is 1. The Kier molecular flexibility index (Phi) is 22.6. The molecule has 0 spiro atoms. The van der Waals surface area contributed by atoms with E-state index in [0.717, 1.165) is 114 Å². The Morgan fingerprint density at radius 2 is 1.25 bits per heavy atom. The maximum absolute atomic E-state index is 12.2. The lowest BCUT2D eigenvalue weighted by Gasteiger charge is -2.41. The minimum atomic E-state index is -0.535. The van der Waals surface area contributed by atoms with Gasteiger partial charge < -0.3 is 49.6 Å². The third-order valence-electron chi connectivity index (χ3n) is 12.0. The summed E-state index contributed by atoms with van der Waals surface area (Å²) in [6, 6.07) is 1.26. The molecule has 0 aromatic heterocycles. The summed E-state index contributed by atoms with van der Waals surface area (Å²) in [7, 11) is 0. The standard InChI is InChI=1S/C14H26N2O3.C13H22N2O2.C11H20N2O2.C3H7BrO.C3H4N2O3/c1-14(2,3)19-13(18)16-11-5-6-12(16)10-15(9-11)7-4-8-17;1(6-16-13-4-7-17-14-13)5-15-9-11-2-3-12(8-11)10-15;1-11(2,3)15-10(14)13-8-4-5-9(13)7-12-6-8;4-2-1-3-5;6-5(7)3-1-2-8-4-3/h11-12,17H,4-10H2,1-3H3;11-12H,1-10H2;8-9,12H,4-7H2,1-3H3;5H,1-3H2;1-2H2. The van der Waals surface area contributed by atoms with Gasteiger partial charge in [-0.1, -0.05) is 21.1 Å². The van der Waals surface area contributed by atoms with E-state index in [-0.39, 0.29) is 42.3 Å². The van der Waals surface area contributed by atoms with Crippen molar-refractivity contribution in [1.82, 2.24) is 24.9 Å². The molecular weight excluding hydrogens is 896 g/mol. The maximum atomic E-state index is 12.2. The van der Waals surface area contributed by atoms with Gasteiger partial charge in [0.15, 0.2) is 11.8 Å². The number of aliphatic hydroxyl groups excluding tert-OH is 2. The molecule has 368 valence electrons. The number of nitrogens with zero attached hydrogens (tertiary/aromatic N) is 7.